The van der Waals surface area contributed by atoms with E-state index < -0.39 is 0 Å². The predicted molar refractivity (Wildman–Crippen MR) is 109 cm³/mol. The molecule has 144 valence electrons. The molecule has 0 saturated carbocycles. The third kappa shape index (κ3) is 6.00. The highest BCUT2D eigenvalue weighted by atomic mass is 16.5. The lowest BCUT2D eigenvalue weighted by Gasteiger charge is -2.22. The second kappa shape index (κ2) is 9.97. The Balaban J connectivity index is 1.51. The molecule has 2 aromatic rings. The van der Waals surface area contributed by atoms with Crippen molar-refractivity contribution >= 4 is 11.7 Å². The summed E-state index contributed by atoms with van der Waals surface area (Å²) in [4.78, 5) is 14.5. The normalized spacial score (nSPS) is 17.2. The van der Waals surface area contributed by atoms with Crippen molar-refractivity contribution in [1.82, 2.24) is 4.90 Å². The maximum atomic E-state index is 12.6. The molecular weight excluding hydrogens is 338 g/mol. The molecule has 5 nitrogen and oxygen atoms in total. The minimum Gasteiger partial charge on any atom is -0.491 e. The molecule has 0 bridgehead atoms. The lowest BCUT2D eigenvalue weighted by atomic mass is 10.1. The molecular formula is C22H29N3O2. The van der Waals surface area contributed by atoms with Gasteiger partial charge in [0.2, 0.25) is 0 Å². The van der Waals surface area contributed by atoms with Crippen LogP contribution in [0.2, 0.25) is 0 Å². The van der Waals surface area contributed by atoms with E-state index in [1.165, 1.54) is 5.56 Å². The zero-order valence-corrected chi connectivity index (χ0v) is 15.8. The van der Waals surface area contributed by atoms with Crippen molar-refractivity contribution in [3.05, 3.63) is 60.2 Å². The van der Waals surface area contributed by atoms with Gasteiger partial charge in [0.05, 0.1) is 12.3 Å². The van der Waals surface area contributed by atoms with Crippen LogP contribution < -0.4 is 15.8 Å². The van der Waals surface area contributed by atoms with Gasteiger partial charge >= 0.3 is 6.03 Å². The highest BCUT2D eigenvalue weighted by Gasteiger charge is 2.19. The molecule has 0 spiro atoms. The number of rotatable bonds is 6. The SMILES string of the molecule is N[C@@H]1CCCN(C(=O)Nc2ccccc2OCCCc2ccccc2)CC1. The van der Waals surface area contributed by atoms with Crippen molar-refractivity contribution in [3.8, 4) is 5.75 Å². The van der Waals surface area contributed by atoms with Gasteiger partial charge in [0.1, 0.15) is 5.75 Å². The molecule has 1 atom stereocenters. The average molecular weight is 367 g/mol. The molecule has 3 rings (SSSR count). The maximum absolute atomic E-state index is 12.6. The second-order valence-corrected chi connectivity index (χ2v) is 7.04. The van der Waals surface area contributed by atoms with Crippen LogP contribution in [-0.4, -0.2) is 36.7 Å². The molecule has 0 aromatic heterocycles. The fraction of sp³-hybridized carbons (Fsp3) is 0.409. The van der Waals surface area contributed by atoms with Gasteiger partial charge < -0.3 is 20.7 Å². The van der Waals surface area contributed by atoms with E-state index in [0.29, 0.717) is 18.9 Å². The Hall–Kier alpha value is -2.53. The van der Waals surface area contributed by atoms with Crippen molar-refractivity contribution in [3.63, 3.8) is 0 Å². The first kappa shape index (κ1) is 19.2. The maximum Gasteiger partial charge on any atom is 0.321 e. The largest absolute Gasteiger partial charge is 0.491 e. The number of carbonyl (C=O) groups excluding carboxylic acids is 1. The topological polar surface area (TPSA) is 67.6 Å². The van der Waals surface area contributed by atoms with Crippen LogP contribution in [0.1, 0.15) is 31.2 Å². The Kier molecular flexibility index (Phi) is 7.11. The Morgan fingerprint density at radius 3 is 2.70 bits per heavy atom. The molecule has 1 heterocycles. The van der Waals surface area contributed by atoms with Crippen LogP contribution in [-0.2, 0) is 6.42 Å². The zero-order chi connectivity index (χ0) is 18.9. The summed E-state index contributed by atoms with van der Waals surface area (Å²) in [6.45, 7) is 2.06. The number of nitrogens with zero attached hydrogens (tertiary/aromatic N) is 1. The number of hydrogen-bond donors (Lipinski definition) is 2. The minimum atomic E-state index is -0.0792. The van der Waals surface area contributed by atoms with Crippen LogP contribution in [0.25, 0.3) is 0 Å². The van der Waals surface area contributed by atoms with E-state index in [9.17, 15) is 4.79 Å². The van der Waals surface area contributed by atoms with Crippen LogP contribution in [0, 0.1) is 0 Å². The van der Waals surface area contributed by atoms with Crippen LogP contribution in [0.5, 0.6) is 5.75 Å². The smallest absolute Gasteiger partial charge is 0.321 e. The summed E-state index contributed by atoms with van der Waals surface area (Å²) in [5.41, 5.74) is 8.03. The number of aryl methyl sites for hydroxylation is 1. The number of anilines is 1. The van der Waals surface area contributed by atoms with Crippen molar-refractivity contribution in [2.24, 2.45) is 5.73 Å². The summed E-state index contributed by atoms with van der Waals surface area (Å²) < 4.78 is 5.94. The van der Waals surface area contributed by atoms with E-state index in [0.717, 1.165) is 44.3 Å². The van der Waals surface area contributed by atoms with Gasteiger partial charge in [0.15, 0.2) is 0 Å². The van der Waals surface area contributed by atoms with E-state index >= 15 is 0 Å². The Morgan fingerprint density at radius 1 is 1.07 bits per heavy atom. The number of urea groups is 1. The number of para-hydroxylation sites is 2. The van der Waals surface area contributed by atoms with Crippen LogP contribution in [0.3, 0.4) is 0 Å². The van der Waals surface area contributed by atoms with Crippen LogP contribution >= 0.6 is 0 Å². The van der Waals surface area contributed by atoms with Crippen molar-refractivity contribution in [2.45, 2.75) is 38.1 Å². The van der Waals surface area contributed by atoms with E-state index in [1.807, 2.05) is 35.2 Å². The van der Waals surface area contributed by atoms with Gasteiger partial charge in [-0.1, -0.05) is 42.5 Å². The minimum absolute atomic E-state index is 0.0792. The molecule has 2 aromatic carbocycles. The van der Waals surface area contributed by atoms with Gasteiger partial charge in [-0.25, -0.2) is 4.79 Å². The van der Waals surface area contributed by atoms with Crippen molar-refractivity contribution in [1.29, 1.82) is 0 Å². The van der Waals surface area contributed by atoms with Gasteiger partial charge in [0, 0.05) is 19.1 Å². The third-order valence-corrected chi connectivity index (χ3v) is 4.90. The Labute approximate surface area is 161 Å². The first-order valence-electron chi connectivity index (χ1n) is 9.79. The van der Waals surface area contributed by atoms with Gasteiger partial charge in [-0.2, -0.15) is 0 Å². The zero-order valence-electron chi connectivity index (χ0n) is 15.8. The standard InChI is InChI=1S/C22H29N3O2/c23-19-11-6-15-25(16-14-19)22(26)24-20-12-4-5-13-21(20)27-17-7-10-18-8-2-1-3-9-18/h1-5,8-9,12-13,19H,6-7,10-11,14-17,23H2,(H,24,26)/t19-/m1/s1. The predicted octanol–water partition coefficient (Wildman–Crippen LogP) is 4.04. The highest BCUT2D eigenvalue weighted by Crippen LogP contribution is 2.25. The molecule has 1 fully saturated rings. The summed E-state index contributed by atoms with van der Waals surface area (Å²) >= 11 is 0. The molecule has 1 saturated heterocycles. The number of nitrogens with one attached hydrogen (secondary N) is 1. The van der Waals surface area contributed by atoms with E-state index in [4.69, 9.17) is 10.5 Å². The lowest BCUT2D eigenvalue weighted by Crippen LogP contribution is -2.36. The average Bonchev–Trinajstić information content (AvgIpc) is 2.92. The number of ether oxygens (including phenoxy) is 1. The number of nitrogens with two attached hydrogens (primary N) is 1. The Bertz CT molecular complexity index is 721. The number of likely N-dealkylation sites (tertiary alicyclic amines) is 1. The first-order valence-corrected chi connectivity index (χ1v) is 9.79. The molecule has 1 aliphatic heterocycles. The summed E-state index contributed by atoms with van der Waals surface area (Å²) in [5, 5.41) is 3.00. The van der Waals surface area contributed by atoms with Crippen LogP contribution in [0.4, 0.5) is 10.5 Å². The molecule has 0 radical (unpaired) electrons. The molecule has 2 amide bonds. The van der Waals surface area contributed by atoms with Gasteiger partial charge in [-0.3, -0.25) is 0 Å². The van der Waals surface area contributed by atoms with Gasteiger partial charge in [-0.15, -0.1) is 0 Å². The molecule has 3 N–H and O–H groups in total. The van der Waals surface area contributed by atoms with Crippen molar-refractivity contribution in [2.75, 3.05) is 25.0 Å². The fourth-order valence-corrected chi connectivity index (χ4v) is 3.32. The quantitative estimate of drug-likeness (QED) is 0.757. The third-order valence-electron chi connectivity index (χ3n) is 4.90. The Morgan fingerprint density at radius 2 is 1.85 bits per heavy atom. The summed E-state index contributed by atoms with van der Waals surface area (Å²) in [6.07, 6.45) is 4.68. The molecule has 1 aliphatic rings. The summed E-state index contributed by atoms with van der Waals surface area (Å²) in [6, 6.07) is 18.1. The highest BCUT2D eigenvalue weighted by molar-refractivity contribution is 5.91. The molecule has 0 unspecified atom stereocenters. The second-order valence-electron chi connectivity index (χ2n) is 7.04. The number of hydrogen-bond acceptors (Lipinski definition) is 3. The molecule has 5 heteroatoms. The van der Waals surface area contributed by atoms with E-state index in [1.54, 1.807) is 0 Å². The van der Waals surface area contributed by atoms with Gasteiger partial charge in [0.25, 0.3) is 0 Å². The number of amides is 2. The first-order chi connectivity index (χ1) is 13.2. The monoisotopic (exact) mass is 367 g/mol. The number of benzene rings is 2. The molecule has 0 aliphatic carbocycles. The molecule has 27 heavy (non-hydrogen) atoms. The summed E-state index contributed by atoms with van der Waals surface area (Å²) in [7, 11) is 0. The van der Waals surface area contributed by atoms with Crippen molar-refractivity contribution < 1.29 is 9.53 Å². The summed E-state index contributed by atoms with van der Waals surface area (Å²) in [5.74, 6) is 0.713. The lowest BCUT2D eigenvalue weighted by molar-refractivity contribution is 0.213. The van der Waals surface area contributed by atoms with Crippen LogP contribution in [0.15, 0.2) is 54.6 Å². The fourth-order valence-electron chi connectivity index (χ4n) is 3.32. The number of carbonyl (C=O) groups is 1. The van der Waals surface area contributed by atoms with Gasteiger partial charge in [-0.05, 0) is 49.8 Å². The van der Waals surface area contributed by atoms with E-state index in [-0.39, 0.29) is 12.1 Å². The van der Waals surface area contributed by atoms with E-state index in [2.05, 4.69) is 29.6 Å².